The first kappa shape index (κ1) is 10.4. The number of hydrogen-bond donors (Lipinski definition) is 1. The average molecular weight is 209 g/mol. The van der Waals surface area contributed by atoms with Gasteiger partial charge in [-0.05, 0) is 43.5 Å². The van der Waals surface area contributed by atoms with Gasteiger partial charge in [-0.25, -0.2) is 4.39 Å². The maximum absolute atomic E-state index is 13.3. The first-order chi connectivity index (χ1) is 7.20. The first-order valence-electron chi connectivity index (χ1n) is 5.37. The molecule has 0 saturated carbocycles. The summed E-state index contributed by atoms with van der Waals surface area (Å²) in [7, 11) is 0. The van der Waals surface area contributed by atoms with Crippen LogP contribution in [-0.2, 0) is 6.61 Å². The van der Waals surface area contributed by atoms with Crippen molar-refractivity contribution in [2.75, 3.05) is 11.4 Å². The van der Waals surface area contributed by atoms with Crippen LogP contribution < -0.4 is 4.90 Å². The van der Waals surface area contributed by atoms with Gasteiger partial charge in [-0.15, -0.1) is 0 Å². The number of hydrogen-bond acceptors (Lipinski definition) is 2. The minimum absolute atomic E-state index is 0.104. The summed E-state index contributed by atoms with van der Waals surface area (Å²) in [6.45, 7) is 3.03. The van der Waals surface area contributed by atoms with E-state index < -0.39 is 0 Å². The summed E-state index contributed by atoms with van der Waals surface area (Å²) >= 11 is 0. The smallest absolute Gasteiger partial charge is 0.125 e. The third-order valence-electron chi connectivity index (χ3n) is 3.01. The zero-order valence-corrected chi connectivity index (χ0v) is 8.91. The van der Waals surface area contributed by atoms with E-state index in [0.29, 0.717) is 11.6 Å². The van der Waals surface area contributed by atoms with Crippen molar-refractivity contribution in [2.45, 2.75) is 32.4 Å². The maximum atomic E-state index is 13.3. The fourth-order valence-electron chi connectivity index (χ4n) is 2.21. The van der Waals surface area contributed by atoms with Gasteiger partial charge in [0.25, 0.3) is 0 Å². The Labute approximate surface area is 89.3 Å². The molecule has 3 heteroatoms. The largest absolute Gasteiger partial charge is 0.392 e. The molecule has 1 unspecified atom stereocenters. The van der Waals surface area contributed by atoms with Crippen molar-refractivity contribution in [3.63, 3.8) is 0 Å². The Morgan fingerprint density at radius 3 is 2.87 bits per heavy atom. The molecule has 2 rings (SSSR count). The summed E-state index contributed by atoms with van der Waals surface area (Å²) in [6, 6.07) is 5.26. The van der Waals surface area contributed by atoms with E-state index >= 15 is 0 Å². The Morgan fingerprint density at radius 2 is 2.27 bits per heavy atom. The molecule has 1 saturated heterocycles. The van der Waals surface area contributed by atoms with E-state index in [1.54, 1.807) is 6.07 Å². The van der Waals surface area contributed by atoms with Crippen LogP contribution in [0.1, 0.15) is 25.3 Å². The highest BCUT2D eigenvalue weighted by Gasteiger charge is 2.21. The van der Waals surface area contributed by atoms with Gasteiger partial charge in [0.15, 0.2) is 0 Å². The minimum Gasteiger partial charge on any atom is -0.392 e. The summed E-state index contributed by atoms with van der Waals surface area (Å²) in [6.07, 6.45) is 2.32. The van der Waals surface area contributed by atoms with Crippen LogP contribution in [0, 0.1) is 5.82 Å². The summed E-state index contributed by atoms with van der Waals surface area (Å²) in [4.78, 5) is 2.20. The lowest BCUT2D eigenvalue weighted by atomic mass is 10.1. The highest BCUT2D eigenvalue weighted by Crippen LogP contribution is 2.26. The number of halogens is 1. The second-order valence-corrected chi connectivity index (χ2v) is 4.16. The molecule has 1 aromatic carbocycles. The second kappa shape index (κ2) is 4.19. The number of aliphatic hydroxyl groups is 1. The molecule has 1 fully saturated rings. The molecule has 1 aliphatic heterocycles. The molecule has 1 heterocycles. The lowest BCUT2D eigenvalue weighted by Crippen LogP contribution is -2.26. The van der Waals surface area contributed by atoms with Crippen LogP contribution in [0.15, 0.2) is 18.2 Å². The third kappa shape index (κ3) is 2.12. The van der Waals surface area contributed by atoms with Gasteiger partial charge in [-0.2, -0.15) is 0 Å². The summed E-state index contributed by atoms with van der Waals surface area (Å²) in [5.41, 5.74) is 1.54. The van der Waals surface area contributed by atoms with E-state index in [4.69, 9.17) is 5.11 Å². The number of benzene rings is 1. The zero-order chi connectivity index (χ0) is 10.8. The molecule has 0 bridgehead atoms. The summed E-state index contributed by atoms with van der Waals surface area (Å²) in [5.74, 6) is -0.268. The average Bonchev–Trinajstić information content (AvgIpc) is 2.63. The van der Waals surface area contributed by atoms with Crippen LogP contribution in [-0.4, -0.2) is 17.7 Å². The van der Waals surface area contributed by atoms with Gasteiger partial charge in [-0.1, -0.05) is 0 Å². The monoisotopic (exact) mass is 209 g/mol. The van der Waals surface area contributed by atoms with Gasteiger partial charge < -0.3 is 10.0 Å². The highest BCUT2D eigenvalue weighted by molar-refractivity contribution is 5.50. The molecule has 82 valence electrons. The molecule has 0 radical (unpaired) electrons. The quantitative estimate of drug-likeness (QED) is 0.808. The summed E-state index contributed by atoms with van der Waals surface area (Å²) in [5, 5.41) is 9.01. The normalized spacial score (nSPS) is 21.0. The molecule has 1 N–H and O–H groups in total. The molecule has 0 spiro atoms. The van der Waals surface area contributed by atoms with Gasteiger partial charge in [-0.3, -0.25) is 0 Å². The van der Waals surface area contributed by atoms with Crippen molar-refractivity contribution in [2.24, 2.45) is 0 Å². The lowest BCUT2D eigenvalue weighted by Gasteiger charge is -2.24. The predicted octanol–water partition coefficient (Wildman–Crippen LogP) is 2.31. The molecule has 0 aliphatic carbocycles. The van der Waals surface area contributed by atoms with Crippen molar-refractivity contribution in [3.8, 4) is 0 Å². The molecule has 0 aromatic heterocycles. The standard InChI is InChI=1S/C12H16FNO/c1-9-3-2-4-14(9)12-6-10(8-15)5-11(13)7-12/h5-7,9,15H,2-4,8H2,1H3. The van der Waals surface area contributed by atoms with E-state index in [1.807, 2.05) is 6.07 Å². The Kier molecular flexibility index (Phi) is 2.91. The van der Waals surface area contributed by atoms with E-state index in [2.05, 4.69) is 11.8 Å². The van der Waals surface area contributed by atoms with Crippen LogP contribution in [0.4, 0.5) is 10.1 Å². The van der Waals surface area contributed by atoms with Crippen LogP contribution in [0.3, 0.4) is 0 Å². The predicted molar refractivity (Wildman–Crippen MR) is 58.4 cm³/mol. The van der Waals surface area contributed by atoms with E-state index in [0.717, 1.165) is 25.1 Å². The first-order valence-corrected chi connectivity index (χ1v) is 5.37. The van der Waals surface area contributed by atoms with Crippen molar-refractivity contribution >= 4 is 5.69 Å². The topological polar surface area (TPSA) is 23.5 Å². The molecule has 15 heavy (non-hydrogen) atoms. The Morgan fingerprint density at radius 1 is 1.47 bits per heavy atom. The molecule has 1 aromatic rings. The fourth-order valence-corrected chi connectivity index (χ4v) is 2.21. The van der Waals surface area contributed by atoms with Gasteiger partial charge >= 0.3 is 0 Å². The number of anilines is 1. The van der Waals surface area contributed by atoms with Gasteiger partial charge in [0, 0.05) is 18.3 Å². The Hall–Kier alpha value is -1.09. The lowest BCUT2D eigenvalue weighted by molar-refractivity contribution is 0.281. The van der Waals surface area contributed by atoms with E-state index in [9.17, 15) is 4.39 Å². The van der Waals surface area contributed by atoms with Gasteiger partial charge in [0.05, 0.1) is 6.61 Å². The molecular weight excluding hydrogens is 193 g/mol. The van der Waals surface area contributed by atoms with Crippen LogP contribution in [0.25, 0.3) is 0 Å². The van der Waals surface area contributed by atoms with Crippen LogP contribution in [0.5, 0.6) is 0 Å². The van der Waals surface area contributed by atoms with Crippen molar-refractivity contribution in [3.05, 3.63) is 29.6 Å². The minimum atomic E-state index is -0.268. The molecule has 0 amide bonds. The highest BCUT2D eigenvalue weighted by atomic mass is 19.1. The number of rotatable bonds is 2. The van der Waals surface area contributed by atoms with Crippen molar-refractivity contribution in [1.82, 2.24) is 0 Å². The molecule has 1 atom stereocenters. The number of aliphatic hydroxyl groups excluding tert-OH is 1. The van der Waals surface area contributed by atoms with Crippen molar-refractivity contribution < 1.29 is 9.50 Å². The molecular formula is C12H16FNO. The van der Waals surface area contributed by atoms with Crippen LogP contribution >= 0.6 is 0 Å². The zero-order valence-electron chi connectivity index (χ0n) is 8.91. The van der Waals surface area contributed by atoms with Gasteiger partial charge in [0.1, 0.15) is 5.82 Å². The fraction of sp³-hybridized carbons (Fsp3) is 0.500. The molecule has 1 aliphatic rings. The third-order valence-corrected chi connectivity index (χ3v) is 3.01. The van der Waals surface area contributed by atoms with Crippen LogP contribution in [0.2, 0.25) is 0 Å². The second-order valence-electron chi connectivity index (χ2n) is 4.16. The Balaban J connectivity index is 2.30. The Bertz CT molecular complexity index is 353. The van der Waals surface area contributed by atoms with Gasteiger partial charge in [0.2, 0.25) is 0 Å². The SMILES string of the molecule is CC1CCCN1c1cc(F)cc(CO)c1. The van der Waals surface area contributed by atoms with E-state index in [1.165, 1.54) is 6.07 Å². The van der Waals surface area contributed by atoms with E-state index in [-0.39, 0.29) is 12.4 Å². The van der Waals surface area contributed by atoms with Crippen molar-refractivity contribution in [1.29, 1.82) is 0 Å². The number of nitrogens with zero attached hydrogens (tertiary/aromatic N) is 1. The summed E-state index contributed by atoms with van der Waals surface area (Å²) < 4.78 is 13.3. The molecule has 2 nitrogen and oxygen atoms in total. The maximum Gasteiger partial charge on any atom is 0.125 e.